The van der Waals surface area contributed by atoms with Crippen molar-refractivity contribution in [3.63, 3.8) is 0 Å². The van der Waals surface area contributed by atoms with Crippen molar-refractivity contribution < 1.29 is 14.3 Å². The number of para-hydroxylation sites is 1. The maximum atomic E-state index is 12.3. The van der Waals surface area contributed by atoms with Crippen molar-refractivity contribution in [2.45, 2.75) is 12.5 Å². The van der Waals surface area contributed by atoms with Crippen LogP contribution in [0.3, 0.4) is 0 Å². The highest BCUT2D eigenvalue weighted by Gasteiger charge is 2.19. The molecule has 0 radical (unpaired) electrons. The summed E-state index contributed by atoms with van der Waals surface area (Å²) in [5.41, 5.74) is 2.01. The first-order chi connectivity index (χ1) is 12.0. The van der Waals surface area contributed by atoms with Gasteiger partial charge >= 0.3 is 0 Å². The Hall–Kier alpha value is -2.53. The number of likely N-dealkylation sites (N-methyl/N-ethyl adjacent to an activating group) is 1. The second-order valence-electron chi connectivity index (χ2n) is 6.05. The molecular formula is C20H26N2O3. The standard InChI is InChI=1S/C20H26N2O3/c1-22(2)18(17-7-5-6-8-19(17)25-4)14-21-20(23)13-15-9-11-16(24-3)12-10-15/h5-12,18H,13-14H2,1-4H3,(H,21,23)/t18-/m0/s1. The van der Waals surface area contributed by atoms with E-state index in [-0.39, 0.29) is 11.9 Å². The molecule has 1 atom stereocenters. The van der Waals surface area contributed by atoms with Crippen LogP contribution < -0.4 is 14.8 Å². The molecule has 0 aliphatic heterocycles. The summed E-state index contributed by atoms with van der Waals surface area (Å²) in [5.74, 6) is 1.60. The van der Waals surface area contributed by atoms with Gasteiger partial charge in [0.15, 0.2) is 0 Å². The number of hydrogen-bond acceptors (Lipinski definition) is 4. The van der Waals surface area contributed by atoms with Crippen LogP contribution in [0.2, 0.25) is 0 Å². The van der Waals surface area contributed by atoms with Crippen molar-refractivity contribution in [1.29, 1.82) is 0 Å². The smallest absolute Gasteiger partial charge is 0.224 e. The van der Waals surface area contributed by atoms with Crippen LogP contribution in [0.4, 0.5) is 0 Å². The highest BCUT2D eigenvalue weighted by molar-refractivity contribution is 5.78. The van der Waals surface area contributed by atoms with Gasteiger partial charge in [0.2, 0.25) is 5.91 Å². The molecule has 0 saturated carbocycles. The third-order valence-corrected chi connectivity index (χ3v) is 4.14. The molecule has 25 heavy (non-hydrogen) atoms. The monoisotopic (exact) mass is 342 g/mol. The molecule has 5 heteroatoms. The molecule has 2 aromatic rings. The van der Waals surface area contributed by atoms with Gasteiger partial charge in [-0.1, -0.05) is 30.3 Å². The summed E-state index contributed by atoms with van der Waals surface area (Å²) in [7, 11) is 7.27. The van der Waals surface area contributed by atoms with Crippen molar-refractivity contribution in [1.82, 2.24) is 10.2 Å². The lowest BCUT2D eigenvalue weighted by Crippen LogP contribution is -2.35. The van der Waals surface area contributed by atoms with Crippen LogP contribution in [-0.4, -0.2) is 45.7 Å². The maximum absolute atomic E-state index is 12.3. The molecule has 0 aliphatic rings. The Kier molecular flexibility index (Phi) is 6.83. The first kappa shape index (κ1) is 18.8. The number of carbonyl (C=O) groups is 1. The molecule has 2 aromatic carbocycles. The Labute approximate surface area is 149 Å². The van der Waals surface area contributed by atoms with Gasteiger partial charge in [-0.2, -0.15) is 0 Å². The summed E-state index contributed by atoms with van der Waals surface area (Å²) in [6, 6.07) is 15.5. The number of methoxy groups -OCH3 is 2. The van der Waals surface area contributed by atoms with E-state index >= 15 is 0 Å². The van der Waals surface area contributed by atoms with Crippen molar-refractivity contribution >= 4 is 5.91 Å². The molecular weight excluding hydrogens is 316 g/mol. The molecule has 0 unspecified atom stereocenters. The molecule has 0 fully saturated rings. The van der Waals surface area contributed by atoms with Gasteiger partial charge in [0.1, 0.15) is 11.5 Å². The lowest BCUT2D eigenvalue weighted by Gasteiger charge is -2.26. The number of benzene rings is 2. The lowest BCUT2D eigenvalue weighted by molar-refractivity contribution is -0.120. The quantitative estimate of drug-likeness (QED) is 0.801. The molecule has 0 heterocycles. The van der Waals surface area contributed by atoms with E-state index < -0.39 is 0 Å². The third kappa shape index (κ3) is 5.22. The second-order valence-corrected chi connectivity index (χ2v) is 6.05. The molecule has 1 amide bonds. The summed E-state index contributed by atoms with van der Waals surface area (Å²) in [6.45, 7) is 0.516. The molecule has 5 nitrogen and oxygen atoms in total. The minimum Gasteiger partial charge on any atom is -0.497 e. The van der Waals surface area contributed by atoms with Crippen LogP contribution >= 0.6 is 0 Å². The first-order valence-electron chi connectivity index (χ1n) is 8.24. The molecule has 0 aliphatic carbocycles. The molecule has 0 saturated heterocycles. The van der Waals surface area contributed by atoms with E-state index in [0.717, 1.165) is 22.6 Å². The predicted molar refractivity (Wildman–Crippen MR) is 99.1 cm³/mol. The van der Waals surface area contributed by atoms with Crippen LogP contribution in [0.25, 0.3) is 0 Å². The normalized spacial score (nSPS) is 11.9. The number of nitrogens with zero attached hydrogens (tertiary/aromatic N) is 1. The maximum Gasteiger partial charge on any atom is 0.224 e. The average Bonchev–Trinajstić information content (AvgIpc) is 2.62. The van der Waals surface area contributed by atoms with E-state index in [1.807, 2.05) is 62.6 Å². The van der Waals surface area contributed by atoms with Crippen molar-refractivity contribution in [3.8, 4) is 11.5 Å². The molecule has 134 valence electrons. The van der Waals surface area contributed by atoms with E-state index in [2.05, 4.69) is 10.2 Å². The van der Waals surface area contributed by atoms with Gasteiger partial charge in [0.05, 0.1) is 26.7 Å². The fourth-order valence-electron chi connectivity index (χ4n) is 2.71. The minimum absolute atomic E-state index is 0.00749. The number of hydrogen-bond donors (Lipinski definition) is 1. The number of carbonyl (C=O) groups excluding carboxylic acids is 1. The van der Waals surface area contributed by atoms with Gasteiger partial charge in [-0.05, 0) is 37.9 Å². The molecule has 0 spiro atoms. The van der Waals surface area contributed by atoms with Crippen molar-refractivity contribution in [3.05, 3.63) is 59.7 Å². The molecule has 1 N–H and O–H groups in total. The Morgan fingerprint density at radius 3 is 2.32 bits per heavy atom. The van der Waals surface area contributed by atoms with Gasteiger partial charge in [0, 0.05) is 12.1 Å². The number of nitrogens with one attached hydrogen (secondary N) is 1. The van der Waals surface area contributed by atoms with Gasteiger partial charge in [0.25, 0.3) is 0 Å². The third-order valence-electron chi connectivity index (χ3n) is 4.14. The van der Waals surface area contributed by atoms with Gasteiger partial charge in [-0.15, -0.1) is 0 Å². The minimum atomic E-state index is -0.00749. The fourth-order valence-corrected chi connectivity index (χ4v) is 2.71. The SMILES string of the molecule is COc1ccc(CC(=O)NC[C@@H](c2ccccc2OC)N(C)C)cc1. The van der Waals surface area contributed by atoms with E-state index in [1.165, 1.54) is 0 Å². The molecule has 0 bridgehead atoms. The molecule has 2 rings (SSSR count). The van der Waals surface area contributed by atoms with Crippen LogP contribution in [0.1, 0.15) is 17.2 Å². The second kappa shape index (κ2) is 9.08. The number of rotatable bonds is 8. The van der Waals surface area contributed by atoms with Gasteiger partial charge in [-0.3, -0.25) is 4.79 Å². The van der Waals surface area contributed by atoms with Crippen molar-refractivity contribution in [2.24, 2.45) is 0 Å². The lowest BCUT2D eigenvalue weighted by atomic mass is 10.0. The first-order valence-corrected chi connectivity index (χ1v) is 8.24. The Morgan fingerprint density at radius 2 is 1.72 bits per heavy atom. The van der Waals surface area contributed by atoms with Gasteiger partial charge < -0.3 is 19.7 Å². The van der Waals surface area contributed by atoms with Crippen LogP contribution in [0, 0.1) is 0 Å². The largest absolute Gasteiger partial charge is 0.497 e. The summed E-state index contributed by atoms with van der Waals surface area (Å²) in [6.07, 6.45) is 0.343. The zero-order valence-corrected chi connectivity index (χ0v) is 15.3. The van der Waals surface area contributed by atoms with Crippen molar-refractivity contribution in [2.75, 3.05) is 34.9 Å². The number of amides is 1. The van der Waals surface area contributed by atoms with Gasteiger partial charge in [-0.25, -0.2) is 0 Å². The molecule has 0 aromatic heterocycles. The fraction of sp³-hybridized carbons (Fsp3) is 0.350. The highest BCUT2D eigenvalue weighted by Crippen LogP contribution is 2.27. The summed E-state index contributed by atoms with van der Waals surface area (Å²) >= 11 is 0. The van der Waals surface area contributed by atoms with E-state index in [1.54, 1.807) is 14.2 Å². The Morgan fingerprint density at radius 1 is 1.04 bits per heavy atom. The highest BCUT2D eigenvalue weighted by atomic mass is 16.5. The van der Waals surface area contributed by atoms with E-state index in [4.69, 9.17) is 9.47 Å². The summed E-state index contributed by atoms with van der Waals surface area (Å²) in [4.78, 5) is 14.4. The van der Waals surface area contributed by atoms with E-state index in [0.29, 0.717) is 13.0 Å². The topological polar surface area (TPSA) is 50.8 Å². The Balaban J connectivity index is 1.99. The summed E-state index contributed by atoms with van der Waals surface area (Å²) in [5, 5.41) is 3.02. The predicted octanol–water partition coefficient (Wildman–Crippen LogP) is 2.67. The zero-order valence-electron chi connectivity index (χ0n) is 15.3. The van der Waals surface area contributed by atoms with Crippen LogP contribution in [0.5, 0.6) is 11.5 Å². The summed E-state index contributed by atoms with van der Waals surface area (Å²) < 4.78 is 10.6. The zero-order chi connectivity index (χ0) is 18.2. The number of ether oxygens (including phenoxy) is 2. The van der Waals surface area contributed by atoms with Crippen LogP contribution in [-0.2, 0) is 11.2 Å². The average molecular weight is 342 g/mol. The van der Waals surface area contributed by atoms with Crippen LogP contribution in [0.15, 0.2) is 48.5 Å². The Bertz CT molecular complexity index is 684. The van der Waals surface area contributed by atoms with E-state index in [9.17, 15) is 4.79 Å².